The van der Waals surface area contributed by atoms with E-state index in [0.717, 1.165) is 0 Å². The Morgan fingerprint density at radius 3 is 2.72 bits per heavy atom. The summed E-state index contributed by atoms with van der Waals surface area (Å²) in [5.74, 6) is -2.35. The molecule has 1 heterocycles. The molecule has 0 radical (unpaired) electrons. The number of rotatable bonds is 4. The average molecular weight is 250 g/mol. The van der Waals surface area contributed by atoms with Crippen molar-refractivity contribution in [3.63, 3.8) is 0 Å². The van der Waals surface area contributed by atoms with Gasteiger partial charge in [-0.05, 0) is 12.8 Å². The molecule has 0 bridgehead atoms. The number of aliphatic carboxylic acids is 1. The molecule has 6 heteroatoms. The molecule has 1 aliphatic rings. The largest absolute Gasteiger partial charge is 0.481 e. The van der Waals surface area contributed by atoms with Gasteiger partial charge in [-0.3, -0.25) is 9.59 Å². The standard InChI is InChI=1S/C12H14N2O4/c15-11(13-7-8-5-6-18-14-8)9-3-1-2-4-10(9)12(16)17/h1-2,5-6,9-10H,3-4,7H2,(H,13,15)(H,16,17)/t9-,10+/m0/s1. The van der Waals surface area contributed by atoms with Gasteiger partial charge in [0.15, 0.2) is 0 Å². The van der Waals surface area contributed by atoms with E-state index in [1.54, 1.807) is 12.1 Å². The quantitative estimate of drug-likeness (QED) is 0.776. The van der Waals surface area contributed by atoms with Crippen molar-refractivity contribution >= 4 is 11.9 Å². The lowest BCUT2D eigenvalue weighted by atomic mass is 9.82. The number of carbonyl (C=O) groups excluding carboxylic acids is 1. The molecule has 0 fully saturated rings. The van der Waals surface area contributed by atoms with Crippen LogP contribution in [0.4, 0.5) is 0 Å². The molecule has 0 saturated carbocycles. The Kier molecular flexibility index (Phi) is 3.76. The molecular formula is C12H14N2O4. The highest BCUT2D eigenvalue weighted by atomic mass is 16.5. The Bertz CT molecular complexity index is 453. The Morgan fingerprint density at radius 2 is 2.11 bits per heavy atom. The van der Waals surface area contributed by atoms with E-state index in [1.165, 1.54) is 6.26 Å². The summed E-state index contributed by atoms with van der Waals surface area (Å²) in [5, 5.41) is 15.4. The first-order valence-electron chi connectivity index (χ1n) is 5.73. The van der Waals surface area contributed by atoms with Crippen molar-refractivity contribution in [1.82, 2.24) is 10.5 Å². The number of aromatic nitrogens is 1. The van der Waals surface area contributed by atoms with E-state index in [1.807, 2.05) is 6.08 Å². The van der Waals surface area contributed by atoms with E-state index in [0.29, 0.717) is 18.5 Å². The van der Waals surface area contributed by atoms with Crippen molar-refractivity contribution in [2.45, 2.75) is 19.4 Å². The van der Waals surface area contributed by atoms with E-state index in [-0.39, 0.29) is 12.5 Å². The third-order valence-corrected chi connectivity index (χ3v) is 3.02. The monoisotopic (exact) mass is 250 g/mol. The molecule has 6 nitrogen and oxygen atoms in total. The summed E-state index contributed by atoms with van der Waals surface area (Å²) >= 11 is 0. The van der Waals surface area contributed by atoms with Crippen molar-refractivity contribution < 1.29 is 19.2 Å². The minimum absolute atomic E-state index is 0.252. The number of hydrogen-bond donors (Lipinski definition) is 2. The molecule has 0 aliphatic heterocycles. The first-order chi connectivity index (χ1) is 8.68. The molecule has 0 saturated heterocycles. The van der Waals surface area contributed by atoms with Crippen molar-refractivity contribution in [2.75, 3.05) is 0 Å². The Labute approximate surface area is 104 Å². The van der Waals surface area contributed by atoms with Crippen LogP contribution in [-0.4, -0.2) is 22.1 Å². The molecule has 2 rings (SSSR count). The van der Waals surface area contributed by atoms with E-state index < -0.39 is 17.8 Å². The molecule has 0 aromatic carbocycles. The van der Waals surface area contributed by atoms with Crippen LogP contribution in [0.15, 0.2) is 29.0 Å². The molecule has 1 aliphatic carbocycles. The molecule has 1 aromatic rings. The summed E-state index contributed by atoms with van der Waals surface area (Å²) < 4.78 is 4.65. The Morgan fingerprint density at radius 1 is 1.39 bits per heavy atom. The summed E-state index contributed by atoms with van der Waals surface area (Å²) in [5.41, 5.74) is 0.613. The average Bonchev–Trinajstić information content (AvgIpc) is 2.89. The minimum Gasteiger partial charge on any atom is -0.481 e. The fourth-order valence-electron chi connectivity index (χ4n) is 2.01. The lowest BCUT2D eigenvalue weighted by Gasteiger charge is -2.23. The number of carboxylic acids is 1. The van der Waals surface area contributed by atoms with Crippen LogP contribution in [0.25, 0.3) is 0 Å². The van der Waals surface area contributed by atoms with Crippen molar-refractivity contribution in [2.24, 2.45) is 11.8 Å². The zero-order valence-electron chi connectivity index (χ0n) is 9.70. The highest BCUT2D eigenvalue weighted by Crippen LogP contribution is 2.26. The highest BCUT2D eigenvalue weighted by molar-refractivity contribution is 5.85. The van der Waals surface area contributed by atoms with Crippen LogP contribution < -0.4 is 5.32 Å². The smallest absolute Gasteiger partial charge is 0.307 e. The second-order valence-corrected chi connectivity index (χ2v) is 4.20. The van der Waals surface area contributed by atoms with Gasteiger partial charge in [0.25, 0.3) is 0 Å². The topological polar surface area (TPSA) is 92.4 Å². The third-order valence-electron chi connectivity index (χ3n) is 3.02. The zero-order chi connectivity index (χ0) is 13.0. The van der Waals surface area contributed by atoms with Crippen LogP contribution in [0.1, 0.15) is 18.5 Å². The first kappa shape index (κ1) is 12.3. The molecular weight excluding hydrogens is 236 g/mol. The maximum atomic E-state index is 11.9. The molecule has 2 atom stereocenters. The molecule has 2 N–H and O–H groups in total. The van der Waals surface area contributed by atoms with Gasteiger partial charge in [-0.2, -0.15) is 0 Å². The number of nitrogens with zero attached hydrogens (tertiary/aromatic N) is 1. The van der Waals surface area contributed by atoms with Crippen LogP contribution >= 0.6 is 0 Å². The number of carboxylic acid groups (broad SMARTS) is 1. The predicted octanol–water partition coefficient (Wildman–Crippen LogP) is 0.958. The number of nitrogens with one attached hydrogen (secondary N) is 1. The van der Waals surface area contributed by atoms with Crippen molar-refractivity contribution in [3.05, 3.63) is 30.2 Å². The van der Waals surface area contributed by atoms with Crippen molar-refractivity contribution in [3.8, 4) is 0 Å². The van der Waals surface area contributed by atoms with Crippen LogP contribution in [0.2, 0.25) is 0 Å². The number of carbonyl (C=O) groups is 2. The highest BCUT2D eigenvalue weighted by Gasteiger charge is 2.33. The summed E-state index contributed by atoms with van der Waals surface area (Å²) in [7, 11) is 0. The molecule has 1 amide bonds. The third kappa shape index (κ3) is 2.77. The summed E-state index contributed by atoms with van der Waals surface area (Å²) in [6.07, 6.45) is 5.93. The van der Waals surface area contributed by atoms with Gasteiger partial charge in [0, 0.05) is 6.07 Å². The first-order valence-corrected chi connectivity index (χ1v) is 5.73. The van der Waals surface area contributed by atoms with Gasteiger partial charge in [-0.15, -0.1) is 0 Å². The zero-order valence-corrected chi connectivity index (χ0v) is 9.70. The lowest BCUT2D eigenvalue weighted by molar-refractivity contribution is -0.147. The lowest BCUT2D eigenvalue weighted by Crippen LogP contribution is -2.38. The van der Waals surface area contributed by atoms with Crippen LogP contribution in [-0.2, 0) is 16.1 Å². The summed E-state index contributed by atoms with van der Waals surface area (Å²) in [4.78, 5) is 23.0. The molecule has 0 spiro atoms. The molecule has 0 unspecified atom stereocenters. The normalized spacial score (nSPS) is 22.7. The second-order valence-electron chi connectivity index (χ2n) is 4.20. The van der Waals surface area contributed by atoms with Crippen LogP contribution in [0.3, 0.4) is 0 Å². The van der Waals surface area contributed by atoms with Crippen molar-refractivity contribution in [1.29, 1.82) is 0 Å². The molecule has 1 aromatic heterocycles. The van der Waals surface area contributed by atoms with Gasteiger partial charge in [0.05, 0.1) is 18.4 Å². The fraction of sp³-hybridized carbons (Fsp3) is 0.417. The summed E-state index contributed by atoms with van der Waals surface area (Å²) in [6.45, 7) is 0.252. The van der Waals surface area contributed by atoms with Gasteiger partial charge in [0.1, 0.15) is 12.0 Å². The fourth-order valence-corrected chi connectivity index (χ4v) is 2.01. The van der Waals surface area contributed by atoms with E-state index >= 15 is 0 Å². The maximum Gasteiger partial charge on any atom is 0.307 e. The Balaban J connectivity index is 1.94. The maximum absolute atomic E-state index is 11.9. The second kappa shape index (κ2) is 5.48. The van der Waals surface area contributed by atoms with Gasteiger partial charge < -0.3 is 14.9 Å². The van der Waals surface area contributed by atoms with E-state index in [4.69, 9.17) is 5.11 Å². The minimum atomic E-state index is -0.930. The van der Waals surface area contributed by atoms with E-state index in [9.17, 15) is 9.59 Å². The number of allylic oxidation sites excluding steroid dienone is 2. The van der Waals surface area contributed by atoms with Crippen LogP contribution in [0.5, 0.6) is 0 Å². The van der Waals surface area contributed by atoms with E-state index in [2.05, 4.69) is 15.0 Å². The van der Waals surface area contributed by atoms with Gasteiger partial charge in [-0.1, -0.05) is 17.3 Å². The number of amides is 1. The van der Waals surface area contributed by atoms with Crippen LogP contribution in [0, 0.1) is 11.8 Å². The van der Waals surface area contributed by atoms with Gasteiger partial charge in [0.2, 0.25) is 5.91 Å². The van der Waals surface area contributed by atoms with Gasteiger partial charge in [-0.25, -0.2) is 0 Å². The Hall–Kier alpha value is -2.11. The summed E-state index contributed by atoms with van der Waals surface area (Å²) in [6, 6.07) is 1.65. The molecule has 96 valence electrons. The predicted molar refractivity (Wildman–Crippen MR) is 61.3 cm³/mol. The number of hydrogen-bond acceptors (Lipinski definition) is 4. The molecule has 18 heavy (non-hydrogen) atoms. The van der Waals surface area contributed by atoms with Gasteiger partial charge >= 0.3 is 5.97 Å². The SMILES string of the molecule is O=C(NCc1ccon1)[C@H]1CC=CC[C@H]1C(=O)O.